The summed E-state index contributed by atoms with van der Waals surface area (Å²) in [6.45, 7) is 0. The van der Waals surface area contributed by atoms with Gasteiger partial charge in [0.1, 0.15) is 0 Å². The fourth-order valence-electron chi connectivity index (χ4n) is 6.35. The van der Waals surface area contributed by atoms with Crippen LogP contribution in [0.2, 0.25) is 0 Å². The zero-order valence-electron chi connectivity index (χ0n) is 22.5. The van der Waals surface area contributed by atoms with Crippen molar-refractivity contribution in [1.29, 1.82) is 0 Å². The number of hydrogen-bond donors (Lipinski definition) is 0. The fraction of sp³-hybridized carbons (Fsp3) is 0. The highest BCUT2D eigenvalue weighted by atomic mass is 14.2. The van der Waals surface area contributed by atoms with Gasteiger partial charge in [0.05, 0.1) is 0 Å². The van der Waals surface area contributed by atoms with E-state index in [1.807, 2.05) is 0 Å². The van der Waals surface area contributed by atoms with Gasteiger partial charge in [-0.25, -0.2) is 0 Å². The van der Waals surface area contributed by atoms with E-state index in [4.69, 9.17) is 0 Å². The van der Waals surface area contributed by atoms with Crippen molar-refractivity contribution in [2.45, 2.75) is 0 Å². The van der Waals surface area contributed by atoms with Gasteiger partial charge in [-0.2, -0.15) is 0 Å². The van der Waals surface area contributed by atoms with Crippen molar-refractivity contribution < 1.29 is 0 Å². The van der Waals surface area contributed by atoms with E-state index in [1.54, 1.807) is 0 Å². The van der Waals surface area contributed by atoms with E-state index in [9.17, 15) is 0 Å². The van der Waals surface area contributed by atoms with Gasteiger partial charge in [-0.3, -0.25) is 0 Å². The van der Waals surface area contributed by atoms with Gasteiger partial charge in [-0.1, -0.05) is 140 Å². The highest BCUT2D eigenvalue weighted by Gasteiger charge is 2.19. The molecule has 0 spiro atoms. The average Bonchev–Trinajstić information content (AvgIpc) is 3.26. The Bertz CT molecular complexity index is 2290. The summed E-state index contributed by atoms with van der Waals surface area (Å²) in [5.74, 6) is 0. The van der Waals surface area contributed by atoms with Crippen molar-refractivity contribution in [2.24, 2.45) is 0 Å². The smallest absolute Gasteiger partial charge is 0.0237 e. The molecule has 0 heteroatoms. The molecule has 0 N–H and O–H groups in total. The van der Waals surface area contributed by atoms with Gasteiger partial charge >= 0.3 is 0 Å². The quantitative estimate of drug-likeness (QED) is 0.205. The van der Waals surface area contributed by atoms with E-state index in [0.29, 0.717) is 0 Å². The summed E-state index contributed by atoms with van der Waals surface area (Å²) in [4.78, 5) is 0. The van der Waals surface area contributed by atoms with Crippen LogP contribution in [-0.4, -0.2) is 0 Å². The van der Waals surface area contributed by atoms with Crippen LogP contribution in [0.15, 0.2) is 152 Å². The van der Waals surface area contributed by atoms with Crippen LogP contribution in [0.4, 0.5) is 0 Å². The van der Waals surface area contributed by atoms with E-state index in [2.05, 4.69) is 163 Å². The topological polar surface area (TPSA) is 0 Å². The summed E-state index contributed by atoms with van der Waals surface area (Å²) >= 11 is 0. The van der Waals surface area contributed by atoms with Gasteiger partial charge < -0.3 is 0 Å². The molecule has 0 amide bonds. The first kappa shape index (κ1) is 23.5. The third kappa shape index (κ3) is 3.94. The summed E-state index contributed by atoms with van der Waals surface area (Å²) in [6.07, 6.45) is 6.61. The molecular formula is C41H26. The predicted octanol–water partition coefficient (Wildman–Crippen LogP) is 9.29. The minimum absolute atomic E-state index is 1.12. The van der Waals surface area contributed by atoms with Crippen LogP contribution in [-0.2, 0) is 0 Å². The average molecular weight is 519 g/mol. The molecule has 0 aromatic heterocycles. The lowest BCUT2D eigenvalue weighted by Gasteiger charge is -2.20. The van der Waals surface area contributed by atoms with Crippen LogP contribution in [0, 0.1) is 0 Å². The second kappa shape index (κ2) is 9.65. The van der Waals surface area contributed by atoms with Gasteiger partial charge in [-0.15, -0.1) is 5.73 Å². The van der Waals surface area contributed by atoms with E-state index >= 15 is 0 Å². The molecule has 0 saturated carbocycles. The zero-order valence-corrected chi connectivity index (χ0v) is 22.5. The highest BCUT2D eigenvalue weighted by molar-refractivity contribution is 6.21. The van der Waals surface area contributed by atoms with Crippen molar-refractivity contribution in [2.75, 3.05) is 0 Å². The van der Waals surface area contributed by atoms with Crippen molar-refractivity contribution in [3.05, 3.63) is 168 Å². The Hall–Kier alpha value is -5.42. The maximum Gasteiger partial charge on any atom is 0.0237 e. The molecule has 0 unspecified atom stereocenters. The molecule has 190 valence electrons. The maximum atomic E-state index is 3.57. The molecular weight excluding hydrogens is 492 g/mol. The zero-order chi connectivity index (χ0) is 27.2. The molecule has 7 aromatic carbocycles. The minimum Gasteiger partial charge on any atom is -0.112 e. The van der Waals surface area contributed by atoms with Gasteiger partial charge in [0.2, 0.25) is 0 Å². The molecule has 0 radical (unpaired) electrons. The summed E-state index contributed by atoms with van der Waals surface area (Å²) in [5.41, 5.74) is 11.0. The van der Waals surface area contributed by atoms with E-state index in [0.717, 1.165) is 5.22 Å². The molecule has 0 atom stereocenters. The Morgan fingerprint density at radius 1 is 0.415 bits per heavy atom. The summed E-state index contributed by atoms with van der Waals surface area (Å²) < 4.78 is 0. The SMILES string of the molecule is C1=CC(c2c3ccccc3c(-c3ccccc3-c3ccc4ccccc4c3)c3ccccc23)=CC=c2ccccc2=1. The molecule has 0 nitrogen and oxygen atoms in total. The van der Waals surface area contributed by atoms with Crippen LogP contribution in [0.25, 0.3) is 72.0 Å². The molecule has 0 heterocycles. The molecule has 0 fully saturated rings. The second-order valence-electron chi connectivity index (χ2n) is 10.6. The largest absolute Gasteiger partial charge is 0.112 e. The lowest BCUT2D eigenvalue weighted by atomic mass is 9.83. The third-order valence-corrected chi connectivity index (χ3v) is 8.26. The van der Waals surface area contributed by atoms with Gasteiger partial charge in [-0.05, 0) is 89.1 Å². The van der Waals surface area contributed by atoms with Crippen molar-refractivity contribution >= 4 is 49.7 Å². The van der Waals surface area contributed by atoms with Crippen LogP contribution >= 0.6 is 0 Å². The lowest BCUT2D eigenvalue weighted by Crippen LogP contribution is -2.21. The van der Waals surface area contributed by atoms with Crippen LogP contribution < -0.4 is 10.4 Å². The van der Waals surface area contributed by atoms with E-state index < -0.39 is 0 Å². The van der Waals surface area contributed by atoms with Crippen molar-refractivity contribution in [1.82, 2.24) is 0 Å². The molecule has 0 bridgehead atoms. The molecule has 8 rings (SSSR count). The van der Waals surface area contributed by atoms with Crippen molar-refractivity contribution in [3.8, 4) is 22.3 Å². The molecule has 1 aliphatic carbocycles. The van der Waals surface area contributed by atoms with Gasteiger partial charge in [0.25, 0.3) is 0 Å². The summed E-state index contributed by atoms with van der Waals surface area (Å²) in [6, 6.07) is 50.4. The number of hydrogen-bond acceptors (Lipinski definition) is 0. The predicted molar refractivity (Wildman–Crippen MR) is 176 cm³/mol. The molecule has 0 saturated heterocycles. The molecule has 1 aliphatic rings. The Kier molecular flexibility index (Phi) is 5.52. The number of fused-ring (bicyclic) bond motifs is 4. The standard InChI is InChI=1S/C41H26/c1-2-12-29-22-25-31(24-21-28(29)11-1)40-36-17-7-9-19-38(36)41(39-20-10-8-18-37(39)40)35-16-6-5-15-34(35)33-26-23-30-13-3-4-14-32(30)27-33/h1-21,23-27H. The maximum absolute atomic E-state index is 3.57. The van der Waals surface area contributed by atoms with Gasteiger partial charge in [0.15, 0.2) is 0 Å². The summed E-state index contributed by atoms with van der Waals surface area (Å²) in [7, 11) is 0. The van der Waals surface area contributed by atoms with E-state index in [1.165, 1.54) is 70.9 Å². The first-order valence-corrected chi connectivity index (χ1v) is 14.1. The first-order valence-electron chi connectivity index (χ1n) is 14.1. The third-order valence-electron chi connectivity index (χ3n) is 8.26. The fourth-order valence-corrected chi connectivity index (χ4v) is 6.35. The van der Waals surface area contributed by atoms with Gasteiger partial charge in [0, 0.05) is 5.22 Å². The Labute approximate surface area is 239 Å². The number of rotatable bonds is 3. The normalized spacial score (nSPS) is 12.4. The number of allylic oxidation sites excluding steroid dienone is 3. The minimum atomic E-state index is 1.12. The van der Waals surface area contributed by atoms with Crippen LogP contribution in [0.5, 0.6) is 0 Å². The highest BCUT2D eigenvalue weighted by Crippen LogP contribution is 2.45. The first-order chi connectivity index (χ1) is 20.3. The molecule has 0 aliphatic heterocycles. The monoisotopic (exact) mass is 518 g/mol. The van der Waals surface area contributed by atoms with E-state index in [-0.39, 0.29) is 0 Å². The lowest BCUT2D eigenvalue weighted by molar-refractivity contribution is 1.53. The Morgan fingerprint density at radius 2 is 1.00 bits per heavy atom. The second-order valence-corrected chi connectivity index (χ2v) is 10.6. The molecule has 41 heavy (non-hydrogen) atoms. The molecule has 7 aromatic rings. The van der Waals surface area contributed by atoms with Crippen molar-refractivity contribution in [3.63, 3.8) is 0 Å². The van der Waals surface area contributed by atoms with Crippen LogP contribution in [0.1, 0.15) is 5.56 Å². The summed E-state index contributed by atoms with van der Waals surface area (Å²) in [5, 5.41) is 9.83. The Balaban J connectivity index is 1.44. The Morgan fingerprint density at radius 3 is 1.76 bits per heavy atom. The number of benzene rings is 7. The van der Waals surface area contributed by atoms with Crippen LogP contribution in [0.3, 0.4) is 0 Å².